The largest absolute Gasteiger partial charge is 0.398 e. The van der Waals surface area contributed by atoms with E-state index in [9.17, 15) is 14.4 Å². The first-order valence-corrected chi connectivity index (χ1v) is 7.80. The molecule has 2 amide bonds. The van der Waals surface area contributed by atoms with Gasteiger partial charge in [-0.3, -0.25) is 19.3 Å². The Balaban J connectivity index is 1.99. The van der Waals surface area contributed by atoms with Crippen molar-refractivity contribution < 1.29 is 19.5 Å². The van der Waals surface area contributed by atoms with Crippen molar-refractivity contribution in [2.75, 3.05) is 24.6 Å². The van der Waals surface area contributed by atoms with E-state index in [4.69, 9.17) is 16.6 Å². The number of hydrogen-bond donors (Lipinski definition) is 3. The molecule has 0 radical (unpaired) electrons. The molecule has 1 aliphatic heterocycles. The van der Waals surface area contributed by atoms with Crippen LogP contribution in [-0.4, -0.2) is 40.8 Å². The molecule has 126 valence electrons. The van der Waals surface area contributed by atoms with E-state index in [-0.39, 0.29) is 47.0 Å². The van der Waals surface area contributed by atoms with Crippen molar-refractivity contribution in [3.63, 3.8) is 0 Å². The number of anilines is 2. The lowest BCUT2D eigenvalue weighted by atomic mass is 9.81. The number of benzene rings is 2. The van der Waals surface area contributed by atoms with E-state index in [1.54, 1.807) is 12.1 Å². The molecule has 0 unspecified atom stereocenters. The van der Waals surface area contributed by atoms with Crippen molar-refractivity contribution in [2.24, 2.45) is 0 Å². The highest BCUT2D eigenvalue weighted by Gasteiger charge is 2.42. The minimum atomic E-state index is -0.632. The van der Waals surface area contributed by atoms with Crippen LogP contribution in [0.2, 0.25) is 0 Å². The van der Waals surface area contributed by atoms with E-state index in [0.29, 0.717) is 17.5 Å². The molecule has 1 aliphatic carbocycles. The molecule has 4 rings (SSSR count). The summed E-state index contributed by atoms with van der Waals surface area (Å²) in [4.78, 5) is 38.9. The average molecular weight is 337 g/mol. The molecule has 0 atom stereocenters. The Hall–Kier alpha value is -3.19. The highest BCUT2D eigenvalue weighted by Crippen LogP contribution is 2.42. The fraction of sp³-hybridized carbons (Fsp3) is 0.167. The SMILES string of the molecule is Nc1c2c(c(N)c3c1C(=O)N(CCO)C3=O)C(=O)c1ccccc1C2. The number of nitrogen functional groups attached to an aromatic ring is 2. The van der Waals surface area contributed by atoms with Crippen molar-refractivity contribution in [1.29, 1.82) is 0 Å². The van der Waals surface area contributed by atoms with Gasteiger partial charge in [0.05, 0.1) is 35.5 Å². The van der Waals surface area contributed by atoms with Gasteiger partial charge in [-0.15, -0.1) is 0 Å². The minimum absolute atomic E-state index is 0.0162. The van der Waals surface area contributed by atoms with Gasteiger partial charge in [-0.25, -0.2) is 0 Å². The maximum absolute atomic E-state index is 12.9. The molecule has 7 nitrogen and oxygen atoms in total. The molecule has 2 aliphatic rings. The molecule has 0 fully saturated rings. The second kappa shape index (κ2) is 5.15. The van der Waals surface area contributed by atoms with Crippen LogP contribution < -0.4 is 11.5 Å². The smallest absolute Gasteiger partial charge is 0.263 e. The number of carbonyl (C=O) groups is 3. The van der Waals surface area contributed by atoms with Gasteiger partial charge in [-0.1, -0.05) is 24.3 Å². The first-order chi connectivity index (χ1) is 12.0. The first-order valence-electron chi connectivity index (χ1n) is 7.80. The van der Waals surface area contributed by atoms with Gasteiger partial charge in [0.15, 0.2) is 5.78 Å². The van der Waals surface area contributed by atoms with Crippen LogP contribution in [0.3, 0.4) is 0 Å². The normalized spacial score (nSPS) is 15.2. The number of rotatable bonds is 2. The molecule has 7 heteroatoms. The van der Waals surface area contributed by atoms with E-state index in [0.717, 1.165) is 10.5 Å². The zero-order valence-electron chi connectivity index (χ0n) is 13.2. The van der Waals surface area contributed by atoms with E-state index in [1.807, 2.05) is 12.1 Å². The lowest BCUT2D eigenvalue weighted by Gasteiger charge is -2.23. The van der Waals surface area contributed by atoms with Crippen LogP contribution in [0, 0.1) is 0 Å². The number of nitrogens with zero attached hydrogens (tertiary/aromatic N) is 1. The van der Waals surface area contributed by atoms with Crippen LogP contribution in [0.15, 0.2) is 24.3 Å². The van der Waals surface area contributed by atoms with E-state index >= 15 is 0 Å². The third-order valence-electron chi connectivity index (χ3n) is 4.78. The second-order valence-corrected chi connectivity index (χ2v) is 6.08. The molecule has 0 bridgehead atoms. The molecule has 25 heavy (non-hydrogen) atoms. The number of hydrogen-bond acceptors (Lipinski definition) is 6. The number of aliphatic hydroxyl groups excluding tert-OH is 1. The highest BCUT2D eigenvalue weighted by atomic mass is 16.3. The monoisotopic (exact) mass is 337 g/mol. The number of amides is 2. The maximum atomic E-state index is 12.9. The van der Waals surface area contributed by atoms with Crippen LogP contribution in [0.4, 0.5) is 11.4 Å². The summed E-state index contributed by atoms with van der Waals surface area (Å²) in [6.45, 7) is -0.514. The van der Waals surface area contributed by atoms with Crippen molar-refractivity contribution in [1.82, 2.24) is 4.90 Å². The second-order valence-electron chi connectivity index (χ2n) is 6.08. The molecule has 0 spiro atoms. The highest BCUT2D eigenvalue weighted by molar-refractivity contribution is 6.29. The quantitative estimate of drug-likeness (QED) is 0.356. The summed E-state index contributed by atoms with van der Waals surface area (Å²) in [6, 6.07) is 7.10. The number of nitrogens with two attached hydrogens (primary N) is 2. The van der Waals surface area contributed by atoms with Crippen LogP contribution in [0.5, 0.6) is 0 Å². The van der Waals surface area contributed by atoms with Crippen molar-refractivity contribution in [3.05, 3.63) is 57.6 Å². The fourth-order valence-corrected chi connectivity index (χ4v) is 3.62. The van der Waals surface area contributed by atoms with E-state index < -0.39 is 11.8 Å². The third kappa shape index (κ3) is 1.87. The van der Waals surface area contributed by atoms with Gasteiger partial charge in [0.2, 0.25) is 0 Å². The molecule has 5 N–H and O–H groups in total. The minimum Gasteiger partial charge on any atom is -0.398 e. The Morgan fingerprint density at radius 3 is 2.28 bits per heavy atom. The topological polar surface area (TPSA) is 127 Å². The van der Waals surface area contributed by atoms with Gasteiger partial charge in [0, 0.05) is 17.7 Å². The Bertz CT molecular complexity index is 981. The van der Waals surface area contributed by atoms with Crippen LogP contribution in [-0.2, 0) is 6.42 Å². The summed E-state index contributed by atoms with van der Waals surface area (Å²) in [7, 11) is 0. The number of ketones is 1. The number of carbonyl (C=O) groups excluding carboxylic acids is 3. The average Bonchev–Trinajstić information content (AvgIpc) is 2.85. The zero-order chi connectivity index (χ0) is 17.9. The van der Waals surface area contributed by atoms with E-state index in [1.165, 1.54) is 0 Å². The molecule has 2 aromatic rings. The molecule has 0 saturated carbocycles. The molecular weight excluding hydrogens is 322 g/mol. The standard InChI is InChI=1S/C18H15N3O4/c19-14-10-7-8-3-1-2-4-9(8)16(23)11(10)15(20)13-12(14)17(24)21(5-6-22)18(13)25/h1-4,22H,5-7,19-20H2. The fourth-order valence-electron chi connectivity index (χ4n) is 3.62. The summed E-state index contributed by atoms with van der Waals surface area (Å²) >= 11 is 0. The predicted molar refractivity (Wildman–Crippen MR) is 90.4 cm³/mol. The molecule has 0 aromatic heterocycles. The van der Waals surface area contributed by atoms with Gasteiger partial charge in [0.1, 0.15) is 0 Å². The molecule has 0 saturated heterocycles. The molecule has 1 heterocycles. The third-order valence-corrected chi connectivity index (χ3v) is 4.78. The summed E-state index contributed by atoms with van der Waals surface area (Å²) in [5.74, 6) is -1.52. The summed E-state index contributed by atoms with van der Waals surface area (Å²) in [5.41, 5.74) is 14.4. The zero-order valence-corrected chi connectivity index (χ0v) is 13.2. The van der Waals surface area contributed by atoms with Crippen LogP contribution >= 0.6 is 0 Å². The first kappa shape index (κ1) is 15.3. The van der Waals surface area contributed by atoms with E-state index in [2.05, 4.69) is 0 Å². The number of fused-ring (bicyclic) bond motifs is 3. The Kier molecular flexibility index (Phi) is 3.16. The van der Waals surface area contributed by atoms with Crippen molar-refractivity contribution >= 4 is 29.0 Å². The van der Waals surface area contributed by atoms with Crippen LogP contribution in [0.25, 0.3) is 0 Å². The Morgan fingerprint density at radius 2 is 1.60 bits per heavy atom. The van der Waals surface area contributed by atoms with Gasteiger partial charge in [0.25, 0.3) is 11.8 Å². The lowest BCUT2D eigenvalue weighted by Crippen LogP contribution is -2.32. The maximum Gasteiger partial charge on any atom is 0.263 e. The van der Waals surface area contributed by atoms with Gasteiger partial charge in [-0.05, 0) is 11.1 Å². The summed E-state index contributed by atoms with van der Waals surface area (Å²) < 4.78 is 0. The number of β-amino-alcohol motifs (C(OH)–C–C–N with tert-alkyl or cyclic N) is 1. The van der Waals surface area contributed by atoms with Gasteiger partial charge in [-0.2, -0.15) is 0 Å². The van der Waals surface area contributed by atoms with Crippen molar-refractivity contribution in [2.45, 2.75) is 6.42 Å². The lowest BCUT2D eigenvalue weighted by molar-refractivity contribution is 0.0624. The predicted octanol–water partition coefficient (Wildman–Crippen LogP) is 0.574. The number of aliphatic hydroxyl groups is 1. The Labute approximate surface area is 142 Å². The molecule has 2 aromatic carbocycles. The Morgan fingerprint density at radius 1 is 0.960 bits per heavy atom. The number of imide groups is 1. The van der Waals surface area contributed by atoms with Crippen LogP contribution in [0.1, 0.15) is 47.8 Å². The van der Waals surface area contributed by atoms with Gasteiger partial charge < -0.3 is 16.6 Å². The van der Waals surface area contributed by atoms with Gasteiger partial charge >= 0.3 is 0 Å². The molecular formula is C18H15N3O4. The summed E-state index contributed by atoms with van der Waals surface area (Å²) in [5, 5.41) is 9.09. The van der Waals surface area contributed by atoms with Crippen molar-refractivity contribution in [3.8, 4) is 0 Å². The summed E-state index contributed by atoms with van der Waals surface area (Å²) in [6.07, 6.45) is 0.363.